The number of hydrogen-bond acceptors (Lipinski definition) is 1. The number of carbonyl (C=O) groups excluding carboxylic acids is 1. The Bertz CT molecular complexity index is 599. The lowest BCUT2D eigenvalue weighted by Crippen LogP contribution is -2.24. The highest BCUT2D eigenvalue weighted by Gasteiger charge is 2.29. The summed E-state index contributed by atoms with van der Waals surface area (Å²) in [7, 11) is 0. The lowest BCUT2D eigenvalue weighted by atomic mass is 9.69. The SMILES string of the molecule is C=C1CCC(C(C)(C)C)C/C1=C/c1[nH]c(C(N)=O)cc1C. The molecular weight excluding hydrogens is 260 g/mol. The topological polar surface area (TPSA) is 58.9 Å². The molecule has 1 aromatic rings. The zero-order valence-electron chi connectivity index (χ0n) is 13.5. The molecule has 1 amide bonds. The van der Waals surface area contributed by atoms with Crippen LogP contribution in [0.2, 0.25) is 0 Å². The Hall–Kier alpha value is -1.77. The van der Waals surface area contributed by atoms with Crippen molar-refractivity contribution in [2.75, 3.05) is 0 Å². The molecule has 2 rings (SSSR count). The molecule has 1 fully saturated rings. The van der Waals surface area contributed by atoms with E-state index in [1.807, 2.05) is 13.0 Å². The highest BCUT2D eigenvalue weighted by Crippen LogP contribution is 2.42. The minimum Gasteiger partial charge on any atom is -0.364 e. The maximum Gasteiger partial charge on any atom is 0.265 e. The Morgan fingerprint density at radius 1 is 1.48 bits per heavy atom. The molecule has 1 heterocycles. The molecule has 114 valence electrons. The molecule has 1 unspecified atom stereocenters. The minimum atomic E-state index is -0.419. The molecule has 0 spiro atoms. The first-order valence-corrected chi connectivity index (χ1v) is 7.56. The van der Waals surface area contributed by atoms with Gasteiger partial charge in [-0.1, -0.05) is 32.9 Å². The maximum atomic E-state index is 11.3. The summed E-state index contributed by atoms with van der Waals surface area (Å²) in [5.74, 6) is 0.248. The number of nitrogens with two attached hydrogens (primary N) is 1. The third-order valence-electron chi connectivity index (χ3n) is 4.58. The van der Waals surface area contributed by atoms with Gasteiger partial charge in [0.1, 0.15) is 5.69 Å². The van der Waals surface area contributed by atoms with Crippen molar-refractivity contribution in [1.29, 1.82) is 0 Å². The smallest absolute Gasteiger partial charge is 0.265 e. The predicted molar refractivity (Wildman–Crippen MR) is 88.0 cm³/mol. The second kappa shape index (κ2) is 5.55. The van der Waals surface area contributed by atoms with Gasteiger partial charge < -0.3 is 10.7 Å². The van der Waals surface area contributed by atoms with E-state index in [-0.39, 0.29) is 0 Å². The van der Waals surface area contributed by atoms with Crippen molar-refractivity contribution in [2.45, 2.75) is 47.0 Å². The summed E-state index contributed by atoms with van der Waals surface area (Å²) in [5, 5.41) is 0. The second-order valence-electron chi connectivity index (χ2n) is 7.22. The van der Waals surface area contributed by atoms with E-state index in [1.165, 1.54) is 17.6 Å². The summed E-state index contributed by atoms with van der Waals surface area (Å²) in [6.07, 6.45) is 5.45. The van der Waals surface area contributed by atoms with Crippen molar-refractivity contribution in [3.05, 3.63) is 40.7 Å². The molecule has 0 aliphatic heterocycles. The van der Waals surface area contributed by atoms with E-state index in [9.17, 15) is 4.79 Å². The Balaban J connectivity index is 2.30. The summed E-state index contributed by atoms with van der Waals surface area (Å²) in [5.41, 5.74) is 10.6. The first-order valence-electron chi connectivity index (χ1n) is 7.56. The van der Waals surface area contributed by atoms with E-state index >= 15 is 0 Å². The van der Waals surface area contributed by atoms with Crippen molar-refractivity contribution in [2.24, 2.45) is 17.1 Å². The zero-order chi connectivity index (χ0) is 15.8. The van der Waals surface area contributed by atoms with Crippen molar-refractivity contribution in [3.8, 4) is 0 Å². The van der Waals surface area contributed by atoms with Crippen LogP contribution in [0.15, 0.2) is 23.8 Å². The number of aryl methyl sites for hydroxylation is 1. The normalized spacial score (nSPS) is 21.8. The van der Waals surface area contributed by atoms with Gasteiger partial charge in [-0.3, -0.25) is 4.79 Å². The molecule has 0 radical (unpaired) electrons. The van der Waals surface area contributed by atoms with Gasteiger partial charge in [0.2, 0.25) is 0 Å². The lowest BCUT2D eigenvalue weighted by Gasteiger charge is -2.36. The molecule has 0 saturated heterocycles. The largest absolute Gasteiger partial charge is 0.364 e. The van der Waals surface area contributed by atoms with E-state index in [2.05, 4.69) is 38.4 Å². The van der Waals surface area contributed by atoms with Gasteiger partial charge in [-0.25, -0.2) is 0 Å². The van der Waals surface area contributed by atoms with Crippen LogP contribution in [0, 0.1) is 18.3 Å². The number of primary amides is 1. The fourth-order valence-corrected chi connectivity index (χ4v) is 2.95. The summed E-state index contributed by atoms with van der Waals surface area (Å²) in [6, 6.07) is 1.81. The number of rotatable bonds is 2. The monoisotopic (exact) mass is 286 g/mol. The minimum absolute atomic E-state index is 0.308. The van der Waals surface area contributed by atoms with Crippen LogP contribution in [0.1, 0.15) is 61.8 Å². The molecule has 3 nitrogen and oxygen atoms in total. The Labute approximate surface area is 127 Å². The van der Waals surface area contributed by atoms with E-state index in [1.54, 1.807) is 0 Å². The van der Waals surface area contributed by atoms with Crippen LogP contribution in [0.4, 0.5) is 0 Å². The number of nitrogens with one attached hydrogen (secondary N) is 1. The molecule has 21 heavy (non-hydrogen) atoms. The number of hydrogen-bond donors (Lipinski definition) is 2. The second-order valence-corrected chi connectivity index (χ2v) is 7.22. The Kier molecular flexibility index (Phi) is 4.13. The first-order chi connectivity index (χ1) is 9.68. The van der Waals surface area contributed by atoms with Crippen LogP contribution in [0.25, 0.3) is 6.08 Å². The fraction of sp³-hybridized carbons (Fsp3) is 0.500. The van der Waals surface area contributed by atoms with Gasteiger partial charge in [-0.05, 0) is 60.8 Å². The van der Waals surface area contributed by atoms with Gasteiger partial charge in [0.25, 0.3) is 5.91 Å². The van der Waals surface area contributed by atoms with Crippen LogP contribution < -0.4 is 5.73 Å². The first kappa shape index (κ1) is 15.6. The Morgan fingerprint density at radius 2 is 2.14 bits per heavy atom. The summed E-state index contributed by atoms with van der Waals surface area (Å²) >= 11 is 0. The van der Waals surface area contributed by atoms with Gasteiger partial charge in [0.15, 0.2) is 0 Å². The molecule has 1 aliphatic rings. The maximum absolute atomic E-state index is 11.3. The third-order valence-corrected chi connectivity index (χ3v) is 4.58. The molecule has 3 heteroatoms. The van der Waals surface area contributed by atoms with Gasteiger partial charge in [0.05, 0.1) is 0 Å². The lowest BCUT2D eigenvalue weighted by molar-refractivity contribution is 0.0996. The molecule has 1 atom stereocenters. The number of aromatic nitrogens is 1. The summed E-state index contributed by atoms with van der Waals surface area (Å²) < 4.78 is 0. The number of amides is 1. The Morgan fingerprint density at radius 3 is 2.67 bits per heavy atom. The molecular formula is C18H26N2O. The predicted octanol–water partition coefficient (Wildman–Crippen LogP) is 4.21. The van der Waals surface area contributed by atoms with E-state index in [4.69, 9.17) is 5.73 Å². The van der Waals surface area contributed by atoms with Gasteiger partial charge in [-0.15, -0.1) is 0 Å². The van der Waals surface area contributed by atoms with Crippen molar-refractivity contribution in [3.63, 3.8) is 0 Å². The van der Waals surface area contributed by atoms with Crippen molar-refractivity contribution < 1.29 is 4.79 Å². The number of aromatic amines is 1. The van der Waals surface area contributed by atoms with Crippen LogP contribution in [-0.2, 0) is 0 Å². The van der Waals surface area contributed by atoms with E-state index in [0.717, 1.165) is 24.1 Å². The third kappa shape index (κ3) is 3.46. The summed E-state index contributed by atoms with van der Waals surface area (Å²) in [4.78, 5) is 14.4. The molecule has 1 aromatic heterocycles. The standard InChI is InChI=1S/C18H26N2O/c1-11-6-7-14(18(3,4)5)9-13(11)10-15-12(2)8-16(20-15)17(19)21/h8,10,14,20H,1,6-7,9H2,2-5H3,(H2,19,21)/b13-10-. The molecule has 1 aliphatic carbocycles. The average molecular weight is 286 g/mol. The van der Waals surface area contributed by atoms with Gasteiger partial charge in [0, 0.05) is 5.69 Å². The van der Waals surface area contributed by atoms with Crippen LogP contribution in [-0.4, -0.2) is 10.9 Å². The number of carbonyl (C=O) groups is 1. The van der Waals surface area contributed by atoms with Crippen LogP contribution in [0.3, 0.4) is 0 Å². The summed E-state index contributed by atoms with van der Waals surface area (Å²) in [6.45, 7) is 13.1. The quantitative estimate of drug-likeness (QED) is 0.840. The van der Waals surface area contributed by atoms with Crippen LogP contribution in [0.5, 0.6) is 0 Å². The molecule has 0 aromatic carbocycles. The van der Waals surface area contributed by atoms with Crippen molar-refractivity contribution in [1.82, 2.24) is 4.98 Å². The van der Waals surface area contributed by atoms with Gasteiger partial charge >= 0.3 is 0 Å². The molecule has 1 saturated carbocycles. The van der Waals surface area contributed by atoms with E-state index in [0.29, 0.717) is 17.0 Å². The molecule has 0 bridgehead atoms. The van der Waals surface area contributed by atoms with Crippen molar-refractivity contribution >= 4 is 12.0 Å². The number of H-pyrrole nitrogens is 1. The average Bonchev–Trinajstić information content (AvgIpc) is 2.72. The van der Waals surface area contributed by atoms with Crippen LogP contribution >= 0.6 is 0 Å². The fourth-order valence-electron chi connectivity index (χ4n) is 2.95. The van der Waals surface area contributed by atoms with E-state index < -0.39 is 5.91 Å². The number of allylic oxidation sites excluding steroid dienone is 2. The van der Waals surface area contributed by atoms with Gasteiger partial charge in [-0.2, -0.15) is 0 Å². The zero-order valence-corrected chi connectivity index (χ0v) is 13.5. The highest BCUT2D eigenvalue weighted by atomic mass is 16.1. The molecule has 3 N–H and O–H groups in total. The highest BCUT2D eigenvalue weighted by molar-refractivity contribution is 5.91.